The van der Waals surface area contributed by atoms with E-state index in [2.05, 4.69) is 5.32 Å². The van der Waals surface area contributed by atoms with Crippen LogP contribution in [0.2, 0.25) is 0 Å². The standard InChI is InChI=1S/C22H25NO4S/c1-14(24)21-13-17(22(28-21)23-18-6-4-3-5-7-18)12-20(26)16-8-10-19(11-9-16)27-15(2)25/h8-11,13,18,23H,3-7,12H2,1-2H3. The number of rotatable bonds is 7. The minimum absolute atomic E-state index is 0.0149. The zero-order valence-electron chi connectivity index (χ0n) is 16.2. The van der Waals surface area contributed by atoms with Gasteiger partial charge in [-0.2, -0.15) is 0 Å². The highest BCUT2D eigenvalue weighted by Gasteiger charge is 2.20. The molecule has 1 saturated carbocycles. The van der Waals surface area contributed by atoms with Gasteiger partial charge in [0.05, 0.1) is 9.88 Å². The van der Waals surface area contributed by atoms with Gasteiger partial charge in [0.1, 0.15) is 5.75 Å². The van der Waals surface area contributed by atoms with Gasteiger partial charge in [0.15, 0.2) is 11.6 Å². The van der Waals surface area contributed by atoms with E-state index >= 15 is 0 Å². The molecule has 0 unspecified atom stereocenters. The van der Waals surface area contributed by atoms with Crippen LogP contribution in [0.1, 0.15) is 71.5 Å². The highest BCUT2D eigenvalue weighted by atomic mass is 32.1. The van der Waals surface area contributed by atoms with E-state index in [1.165, 1.54) is 37.5 Å². The number of ether oxygens (including phenoxy) is 1. The van der Waals surface area contributed by atoms with Crippen LogP contribution in [0, 0.1) is 0 Å². The van der Waals surface area contributed by atoms with E-state index in [9.17, 15) is 14.4 Å². The van der Waals surface area contributed by atoms with Crippen LogP contribution in [0.15, 0.2) is 30.3 Å². The number of benzene rings is 1. The van der Waals surface area contributed by atoms with Crippen molar-refractivity contribution in [3.05, 3.63) is 46.3 Å². The molecule has 1 fully saturated rings. The molecule has 6 heteroatoms. The van der Waals surface area contributed by atoms with Crippen molar-refractivity contribution in [2.45, 2.75) is 58.4 Å². The predicted octanol–water partition coefficient (Wildman–Crippen LogP) is 5.05. The van der Waals surface area contributed by atoms with E-state index in [-0.39, 0.29) is 18.0 Å². The molecular weight excluding hydrogens is 374 g/mol. The molecule has 0 saturated heterocycles. The number of esters is 1. The minimum Gasteiger partial charge on any atom is -0.427 e. The summed E-state index contributed by atoms with van der Waals surface area (Å²) in [6, 6.07) is 8.79. The predicted molar refractivity (Wildman–Crippen MR) is 111 cm³/mol. The molecule has 0 aliphatic heterocycles. The van der Waals surface area contributed by atoms with E-state index < -0.39 is 5.97 Å². The van der Waals surface area contributed by atoms with Crippen LogP contribution in [0.3, 0.4) is 0 Å². The summed E-state index contributed by atoms with van der Waals surface area (Å²) >= 11 is 1.44. The first-order chi connectivity index (χ1) is 13.4. The summed E-state index contributed by atoms with van der Waals surface area (Å²) in [5, 5.41) is 4.50. The monoisotopic (exact) mass is 399 g/mol. The highest BCUT2D eigenvalue weighted by molar-refractivity contribution is 7.18. The van der Waals surface area contributed by atoms with Gasteiger partial charge in [-0.1, -0.05) is 19.3 Å². The molecule has 1 aromatic carbocycles. The number of anilines is 1. The summed E-state index contributed by atoms with van der Waals surface area (Å²) in [5.41, 5.74) is 1.42. The Morgan fingerprint density at radius 3 is 2.36 bits per heavy atom. The van der Waals surface area contributed by atoms with Gasteiger partial charge in [-0.15, -0.1) is 11.3 Å². The van der Waals surface area contributed by atoms with Crippen molar-refractivity contribution in [1.29, 1.82) is 0 Å². The topological polar surface area (TPSA) is 72.5 Å². The summed E-state index contributed by atoms with van der Waals surface area (Å²) in [4.78, 5) is 36.3. The van der Waals surface area contributed by atoms with Crippen LogP contribution in [0.4, 0.5) is 5.00 Å². The number of hydrogen-bond acceptors (Lipinski definition) is 6. The van der Waals surface area contributed by atoms with E-state index in [0.29, 0.717) is 22.2 Å². The summed E-state index contributed by atoms with van der Waals surface area (Å²) in [6.07, 6.45) is 6.18. The van der Waals surface area contributed by atoms with Gasteiger partial charge in [0.2, 0.25) is 0 Å². The van der Waals surface area contributed by atoms with E-state index in [0.717, 1.165) is 23.4 Å². The molecule has 148 valence electrons. The maximum atomic E-state index is 12.8. The van der Waals surface area contributed by atoms with Crippen molar-refractivity contribution >= 4 is 33.9 Å². The average molecular weight is 400 g/mol. The molecule has 1 heterocycles. The summed E-state index contributed by atoms with van der Waals surface area (Å²) in [5.74, 6) is 0.000688. The smallest absolute Gasteiger partial charge is 0.308 e. The molecule has 3 rings (SSSR count). The lowest BCUT2D eigenvalue weighted by atomic mass is 9.95. The molecule has 1 aliphatic carbocycles. The first-order valence-corrected chi connectivity index (χ1v) is 10.5. The molecule has 0 atom stereocenters. The molecule has 2 aromatic rings. The van der Waals surface area contributed by atoms with E-state index in [1.54, 1.807) is 31.2 Å². The third-order valence-electron chi connectivity index (χ3n) is 4.89. The Hall–Kier alpha value is -2.47. The van der Waals surface area contributed by atoms with Crippen LogP contribution in [0.25, 0.3) is 0 Å². The Morgan fingerprint density at radius 2 is 1.75 bits per heavy atom. The van der Waals surface area contributed by atoms with Crippen molar-refractivity contribution in [2.75, 3.05) is 5.32 Å². The van der Waals surface area contributed by atoms with Gasteiger partial charge in [-0.3, -0.25) is 14.4 Å². The molecule has 5 nitrogen and oxygen atoms in total. The molecule has 0 amide bonds. The molecule has 0 spiro atoms. The van der Waals surface area contributed by atoms with Crippen LogP contribution >= 0.6 is 11.3 Å². The Kier molecular flexibility index (Phi) is 6.62. The van der Waals surface area contributed by atoms with Gasteiger partial charge < -0.3 is 10.1 Å². The second-order valence-corrected chi connectivity index (χ2v) is 8.27. The SMILES string of the molecule is CC(=O)Oc1ccc(C(=O)Cc2cc(C(C)=O)sc2NC2CCCCC2)cc1. The maximum absolute atomic E-state index is 12.8. The quantitative estimate of drug-likeness (QED) is 0.401. The highest BCUT2D eigenvalue weighted by Crippen LogP contribution is 2.32. The Morgan fingerprint density at radius 1 is 1.07 bits per heavy atom. The zero-order valence-corrected chi connectivity index (χ0v) is 17.1. The van der Waals surface area contributed by atoms with Gasteiger partial charge in [0, 0.05) is 24.9 Å². The Labute approximate surface area is 169 Å². The van der Waals surface area contributed by atoms with Crippen molar-refractivity contribution in [3.8, 4) is 5.75 Å². The second kappa shape index (κ2) is 9.15. The number of nitrogens with one attached hydrogen (secondary N) is 1. The molecular formula is C22H25NO4S. The second-order valence-electron chi connectivity index (χ2n) is 7.22. The van der Waals surface area contributed by atoms with Crippen molar-refractivity contribution < 1.29 is 19.1 Å². The average Bonchev–Trinajstić information content (AvgIpc) is 3.05. The Bertz CT molecular complexity index is 863. The third kappa shape index (κ3) is 5.29. The van der Waals surface area contributed by atoms with Gasteiger partial charge >= 0.3 is 5.97 Å². The number of carbonyl (C=O) groups is 3. The first-order valence-electron chi connectivity index (χ1n) is 9.64. The van der Waals surface area contributed by atoms with E-state index in [4.69, 9.17) is 4.74 Å². The van der Waals surface area contributed by atoms with Crippen LogP contribution < -0.4 is 10.1 Å². The third-order valence-corrected chi connectivity index (χ3v) is 6.09. The number of ketones is 2. The van der Waals surface area contributed by atoms with Crippen molar-refractivity contribution in [2.24, 2.45) is 0 Å². The molecule has 28 heavy (non-hydrogen) atoms. The number of hydrogen-bond donors (Lipinski definition) is 1. The fraction of sp³-hybridized carbons (Fsp3) is 0.409. The normalized spacial score (nSPS) is 14.5. The molecule has 0 bridgehead atoms. The lowest BCUT2D eigenvalue weighted by molar-refractivity contribution is -0.131. The van der Waals surface area contributed by atoms with Crippen LogP contribution in [-0.4, -0.2) is 23.6 Å². The number of carbonyl (C=O) groups excluding carboxylic acids is 3. The lowest BCUT2D eigenvalue weighted by Gasteiger charge is -2.23. The molecule has 1 aliphatic rings. The van der Waals surface area contributed by atoms with Crippen LogP contribution in [0.5, 0.6) is 5.75 Å². The number of thiophene rings is 1. The zero-order chi connectivity index (χ0) is 20.1. The minimum atomic E-state index is -0.396. The fourth-order valence-electron chi connectivity index (χ4n) is 3.44. The molecule has 1 aromatic heterocycles. The fourth-order valence-corrected chi connectivity index (χ4v) is 4.49. The lowest BCUT2D eigenvalue weighted by Crippen LogP contribution is -2.22. The largest absolute Gasteiger partial charge is 0.427 e. The van der Waals surface area contributed by atoms with E-state index in [1.807, 2.05) is 6.07 Å². The van der Waals surface area contributed by atoms with Crippen LogP contribution in [-0.2, 0) is 11.2 Å². The number of Topliss-reactive ketones (excluding diaryl/α,β-unsaturated/α-hetero) is 2. The van der Waals surface area contributed by atoms with Crippen molar-refractivity contribution in [3.63, 3.8) is 0 Å². The maximum Gasteiger partial charge on any atom is 0.308 e. The first kappa shape index (κ1) is 20.3. The van der Waals surface area contributed by atoms with Gasteiger partial charge in [0.25, 0.3) is 0 Å². The summed E-state index contributed by atoms with van der Waals surface area (Å²) in [7, 11) is 0. The van der Waals surface area contributed by atoms with Crippen molar-refractivity contribution in [1.82, 2.24) is 0 Å². The molecule has 1 N–H and O–H groups in total. The van der Waals surface area contributed by atoms with Gasteiger partial charge in [-0.05, 0) is 55.7 Å². The molecule has 0 radical (unpaired) electrons. The Balaban J connectivity index is 1.75. The summed E-state index contributed by atoms with van der Waals surface area (Å²) < 4.78 is 5.00. The summed E-state index contributed by atoms with van der Waals surface area (Å²) in [6.45, 7) is 2.89. The van der Waals surface area contributed by atoms with Gasteiger partial charge in [-0.25, -0.2) is 0 Å².